The molecule has 0 amide bonds. The first-order chi connectivity index (χ1) is 8.70. The Labute approximate surface area is 114 Å². The molecule has 0 atom stereocenters. The van der Waals surface area contributed by atoms with Crippen LogP contribution < -0.4 is 5.56 Å². The largest absolute Gasteiger partial charge is 0.298 e. The number of thioether (sulfide) groups is 1. The quantitative estimate of drug-likeness (QED) is 0.875. The minimum atomic E-state index is -0.208. The summed E-state index contributed by atoms with van der Waals surface area (Å²) in [6.45, 7) is 1.99. The Morgan fingerprint density at radius 3 is 2.78 bits per heavy atom. The molecule has 0 spiro atoms. The van der Waals surface area contributed by atoms with Crippen molar-refractivity contribution in [1.82, 2.24) is 15.2 Å². The molecule has 0 aliphatic heterocycles. The first kappa shape index (κ1) is 13.1. The molecule has 1 aromatic carbocycles. The minimum absolute atomic E-state index is 0.208. The second-order valence-corrected chi connectivity index (χ2v) is 5.27. The van der Waals surface area contributed by atoms with Gasteiger partial charge in [0.05, 0.1) is 0 Å². The Kier molecular flexibility index (Phi) is 4.38. The summed E-state index contributed by atoms with van der Waals surface area (Å²) in [6, 6.07) is 7.39. The van der Waals surface area contributed by atoms with Crippen LogP contribution in [0.3, 0.4) is 0 Å². The first-order valence-electron chi connectivity index (χ1n) is 5.52. The monoisotopic (exact) mass is 281 g/mol. The molecule has 0 aliphatic rings. The number of halogens is 1. The molecule has 94 valence electrons. The third kappa shape index (κ3) is 3.11. The summed E-state index contributed by atoms with van der Waals surface area (Å²) in [5, 5.41) is 9.11. The average Bonchev–Trinajstić information content (AvgIpc) is 2.35. The van der Waals surface area contributed by atoms with E-state index < -0.39 is 0 Å². The molecule has 0 aliphatic carbocycles. The molecule has 2 rings (SSSR count). The van der Waals surface area contributed by atoms with Crippen LogP contribution in [0.1, 0.15) is 18.2 Å². The molecule has 0 bridgehead atoms. The Bertz CT molecular complexity index is 600. The molecule has 2 aromatic rings. The van der Waals surface area contributed by atoms with E-state index in [2.05, 4.69) is 15.2 Å². The molecule has 0 saturated carbocycles. The van der Waals surface area contributed by atoms with Gasteiger partial charge in [0.1, 0.15) is 5.69 Å². The summed E-state index contributed by atoms with van der Waals surface area (Å²) < 4.78 is 0. The van der Waals surface area contributed by atoms with Gasteiger partial charge in [-0.2, -0.15) is 0 Å². The van der Waals surface area contributed by atoms with Crippen LogP contribution in [-0.4, -0.2) is 20.9 Å². The molecule has 1 heterocycles. The third-order valence-corrected chi connectivity index (χ3v) is 3.46. The van der Waals surface area contributed by atoms with E-state index in [0.717, 1.165) is 11.3 Å². The first-order valence-corrected chi connectivity index (χ1v) is 6.89. The molecular formula is C12H12ClN3OS. The molecule has 4 nitrogen and oxygen atoms in total. The summed E-state index contributed by atoms with van der Waals surface area (Å²) >= 11 is 7.50. The summed E-state index contributed by atoms with van der Waals surface area (Å²) in [6.07, 6.45) is 0.388. The Morgan fingerprint density at radius 1 is 1.33 bits per heavy atom. The number of hydrogen-bond acceptors (Lipinski definition) is 4. The molecule has 0 saturated heterocycles. The van der Waals surface area contributed by atoms with Crippen molar-refractivity contribution >= 4 is 23.4 Å². The Balaban J connectivity index is 2.25. The molecule has 1 aromatic heterocycles. The van der Waals surface area contributed by atoms with Crippen LogP contribution in [0.15, 0.2) is 34.2 Å². The summed E-state index contributed by atoms with van der Waals surface area (Å²) in [5.74, 6) is 0.842. The number of rotatable bonds is 4. The van der Waals surface area contributed by atoms with Gasteiger partial charge in [0, 0.05) is 11.4 Å². The van der Waals surface area contributed by atoms with Crippen molar-refractivity contribution in [2.45, 2.75) is 18.5 Å². The van der Waals surface area contributed by atoms with Crippen LogP contribution in [0.25, 0.3) is 0 Å². The van der Waals surface area contributed by atoms with Crippen LogP contribution in [0.2, 0.25) is 5.02 Å². The molecule has 0 radical (unpaired) electrons. The highest BCUT2D eigenvalue weighted by Gasteiger charge is 2.08. The normalized spacial score (nSPS) is 10.6. The summed E-state index contributed by atoms with van der Waals surface area (Å²) in [5.41, 5.74) is 1.04. The van der Waals surface area contributed by atoms with Crippen LogP contribution in [0.5, 0.6) is 0 Å². The van der Waals surface area contributed by atoms with Crippen LogP contribution >= 0.6 is 23.4 Å². The number of nitrogens with zero attached hydrogens (tertiary/aromatic N) is 2. The number of benzene rings is 1. The summed E-state index contributed by atoms with van der Waals surface area (Å²) in [7, 11) is 0. The van der Waals surface area contributed by atoms with Crippen molar-refractivity contribution in [1.29, 1.82) is 0 Å². The Morgan fingerprint density at radius 2 is 2.11 bits per heavy atom. The number of aromatic amines is 1. The highest BCUT2D eigenvalue weighted by molar-refractivity contribution is 7.99. The van der Waals surface area contributed by atoms with E-state index in [9.17, 15) is 4.79 Å². The molecule has 0 unspecified atom stereocenters. The van der Waals surface area contributed by atoms with Crippen molar-refractivity contribution in [3.05, 3.63) is 50.9 Å². The van der Waals surface area contributed by atoms with E-state index in [1.54, 1.807) is 6.07 Å². The molecule has 18 heavy (non-hydrogen) atoms. The van der Waals surface area contributed by atoms with E-state index in [4.69, 9.17) is 11.6 Å². The fourth-order valence-corrected chi connectivity index (χ4v) is 2.22. The van der Waals surface area contributed by atoms with Crippen molar-refractivity contribution in [2.24, 2.45) is 0 Å². The SMILES string of the molecule is CCSc1nnc(Cc2ccccc2Cl)c(=O)[nH]1. The smallest absolute Gasteiger partial charge is 0.273 e. The van der Waals surface area contributed by atoms with Crippen LogP contribution in [0.4, 0.5) is 0 Å². The highest BCUT2D eigenvalue weighted by Crippen LogP contribution is 2.17. The molecular weight excluding hydrogens is 270 g/mol. The zero-order valence-electron chi connectivity index (χ0n) is 9.81. The van der Waals surface area contributed by atoms with Gasteiger partial charge in [0.15, 0.2) is 5.16 Å². The van der Waals surface area contributed by atoms with Gasteiger partial charge in [-0.25, -0.2) is 0 Å². The lowest BCUT2D eigenvalue weighted by Gasteiger charge is -2.03. The fraction of sp³-hybridized carbons (Fsp3) is 0.250. The fourth-order valence-electron chi connectivity index (χ4n) is 1.48. The second-order valence-electron chi connectivity index (χ2n) is 3.61. The predicted molar refractivity (Wildman–Crippen MR) is 73.3 cm³/mol. The third-order valence-electron chi connectivity index (χ3n) is 2.34. The van der Waals surface area contributed by atoms with Crippen molar-refractivity contribution < 1.29 is 0 Å². The number of hydrogen-bond donors (Lipinski definition) is 1. The topological polar surface area (TPSA) is 58.6 Å². The average molecular weight is 282 g/mol. The molecule has 0 fully saturated rings. The molecule has 1 N–H and O–H groups in total. The van der Waals surface area contributed by atoms with Crippen LogP contribution in [0, 0.1) is 0 Å². The van der Waals surface area contributed by atoms with E-state index >= 15 is 0 Å². The number of nitrogens with one attached hydrogen (secondary N) is 1. The van der Waals surface area contributed by atoms with Crippen molar-refractivity contribution in [2.75, 3.05) is 5.75 Å². The van der Waals surface area contributed by atoms with Gasteiger partial charge in [-0.15, -0.1) is 10.2 Å². The van der Waals surface area contributed by atoms with E-state index in [-0.39, 0.29) is 5.56 Å². The van der Waals surface area contributed by atoms with Gasteiger partial charge >= 0.3 is 0 Å². The summed E-state index contributed by atoms with van der Waals surface area (Å²) in [4.78, 5) is 14.5. The predicted octanol–water partition coefficient (Wildman–Crippen LogP) is 2.52. The molecule has 6 heteroatoms. The van der Waals surface area contributed by atoms with E-state index in [0.29, 0.717) is 22.3 Å². The Hall–Kier alpha value is -1.33. The number of aromatic nitrogens is 3. The van der Waals surface area contributed by atoms with Gasteiger partial charge in [-0.3, -0.25) is 9.78 Å². The highest BCUT2D eigenvalue weighted by atomic mass is 35.5. The van der Waals surface area contributed by atoms with E-state index in [1.807, 2.05) is 25.1 Å². The van der Waals surface area contributed by atoms with Gasteiger partial charge in [-0.1, -0.05) is 48.5 Å². The number of H-pyrrole nitrogens is 1. The minimum Gasteiger partial charge on any atom is -0.298 e. The standard InChI is InChI=1S/C12H12ClN3OS/c1-2-18-12-14-11(17)10(15-16-12)7-8-5-3-4-6-9(8)13/h3-6H,2,7H2,1H3,(H,14,16,17). The van der Waals surface area contributed by atoms with Gasteiger partial charge in [-0.05, 0) is 17.4 Å². The maximum atomic E-state index is 11.8. The van der Waals surface area contributed by atoms with Gasteiger partial charge in [0.25, 0.3) is 5.56 Å². The lowest BCUT2D eigenvalue weighted by atomic mass is 10.1. The van der Waals surface area contributed by atoms with E-state index in [1.165, 1.54) is 11.8 Å². The van der Waals surface area contributed by atoms with Gasteiger partial charge < -0.3 is 0 Å². The van der Waals surface area contributed by atoms with Crippen molar-refractivity contribution in [3.8, 4) is 0 Å². The lowest BCUT2D eigenvalue weighted by Crippen LogP contribution is -2.18. The zero-order chi connectivity index (χ0) is 13.0. The van der Waals surface area contributed by atoms with Crippen molar-refractivity contribution in [3.63, 3.8) is 0 Å². The van der Waals surface area contributed by atoms with Gasteiger partial charge in [0.2, 0.25) is 0 Å². The maximum Gasteiger partial charge on any atom is 0.273 e. The van der Waals surface area contributed by atoms with Crippen LogP contribution in [-0.2, 0) is 6.42 Å². The lowest BCUT2D eigenvalue weighted by molar-refractivity contribution is 0.773. The zero-order valence-corrected chi connectivity index (χ0v) is 11.4. The second kappa shape index (κ2) is 6.02. The maximum absolute atomic E-state index is 11.8.